The molecule has 6 rings (SSSR count). The molecule has 396 valence electrons. The van der Waals surface area contributed by atoms with E-state index in [0.717, 1.165) is 36.4 Å². The second kappa shape index (κ2) is 25.5. The molecule has 0 spiro atoms. The SMILES string of the molecule is O=C(O)c1cc(O)c(O)c(O)c1.O=C(O)c1cc(O)c(O)c(O)c1.O=C(O)c1cc(O)c(O)c(O)c1.O=C([O][Ga]([O]C(=O)c1cc(O)c(O)c(O)c1)[O]C(=O)c1cc(O)c(O)c(O)c1)c1cc(O)c(O)c(O)c1.[Er]. The largest absolute Gasteiger partial charge is 0 e. The molecular weight excluding hydrogens is 1220 g/mol. The maximum absolute atomic E-state index is 12.5. The summed E-state index contributed by atoms with van der Waals surface area (Å²) in [6.07, 6.45) is 0. The van der Waals surface area contributed by atoms with Gasteiger partial charge in [0, 0.05) is 37.3 Å². The number of carboxylic acid groups (broad SMARTS) is 3. The Labute approximate surface area is 444 Å². The fourth-order valence-corrected chi connectivity index (χ4v) is 7.15. The predicted molar refractivity (Wildman–Crippen MR) is 231 cm³/mol. The van der Waals surface area contributed by atoms with E-state index in [1.165, 1.54) is 0 Å². The minimum Gasteiger partial charge on any atom is 0 e. The van der Waals surface area contributed by atoms with Crippen molar-refractivity contribution >= 4 is 53.1 Å². The van der Waals surface area contributed by atoms with Crippen LogP contribution in [0.2, 0.25) is 0 Å². The van der Waals surface area contributed by atoms with E-state index in [4.69, 9.17) is 71.9 Å². The summed E-state index contributed by atoms with van der Waals surface area (Å²) < 4.78 is 14.8. The number of carbonyl (C=O) groups excluding carboxylic acids is 3. The van der Waals surface area contributed by atoms with Gasteiger partial charge in [0.25, 0.3) is 0 Å². The number of hydrogen-bond acceptors (Lipinski definition) is 27. The quantitative estimate of drug-likeness (QED) is 0.0730. The summed E-state index contributed by atoms with van der Waals surface area (Å²) in [7, 11) is 0. The van der Waals surface area contributed by atoms with E-state index >= 15 is 0 Å². The fraction of sp³-hybridized carbons (Fsp3) is 0. The van der Waals surface area contributed by atoms with Crippen LogP contribution in [0.15, 0.2) is 72.8 Å². The molecule has 0 saturated heterocycles. The van der Waals surface area contributed by atoms with E-state index < -0.39 is 173 Å². The zero-order valence-electron chi connectivity index (χ0n) is 35.9. The van der Waals surface area contributed by atoms with E-state index in [1.807, 2.05) is 0 Å². The first-order valence-electron chi connectivity index (χ1n) is 18.7. The minimum atomic E-state index is -4.88. The molecule has 0 heterocycles. The van der Waals surface area contributed by atoms with Gasteiger partial charge in [0.2, 0.25) is 0 Å². The van der Waals surface area contributed by atoms with Crippen LogP contribution in [-0.2, 0) is 10.6 Å². The van der Waals surface area contributed by atoms with E-state index in [1.54, 1.807) is 0 Å². The van der Waals surface area contributed by atoms with Crippen molar-refractivity contribution in [3.05, 3.63) is 106 Å². The zero-order valence-corrected chi connectivity index (χ0v) is 40.1. The Morgan fingerprint density at radius 2 is 0.378 bits per heavy atom. The van der Waals surface area contributed by atoms with Gasteiger partial charge in [0.05, 0.1) is 16.7 Å². The van der Waals surface area contributed by atoms with Crippen molar-refractivity contribution in [1.82, 2.24) is 0 Å². The number of phenolic OH excluding ortho intramolecular Hbond substituents is 18. The number of carboxylic acids is 3. The molecule has 21 N–H and O–H groups in total. The molecule has 6 aromatic carbocycles. The Morgan fingerprint density at radius 3 is 0.500 bits per heavy atom. The second-order valence-electron chi connectivity index (χ2n) is 13.6. The number of aromatic carboxylic acids is 3. The van der Waals surface area contributed by atoms with Crippen LogP contribution in [0, 0.1) is 37.3 Å². The molecule has 0 aliphatic heterocycles. The molecule has 0 amide bonds. The molecule has 0 aliphatic rings. The van der Waals surface area contributed by atoms with Crippen LogP contribution in [0.4, 0.5) is 0 Å². The van der Waals surface area contributed by atoms with Crippen molar-refractivity contribution in [2.45, 2.75) is 0 Å². The molecule has 0 fully saturated rings. The molecule has 0 saturated carbocycles. The number of hydrogen-bond donors (Lipinski definition) is 21. The van der Waals surface area contributed by atoms with Crippen LogP contribution >= 0.6 is 0 Å². The summed E-state index contributed by atoms with van der Waals surface area (Å²) in [4.78, 5) is 68.5. The minimum absolute atomic E-state index is 0. The van der Waals surface area contributed by atoms with Gasteiger partial charge in [-0.1, -0.05) is 0 Å². The fourth-order valence-electron chi connectivity index (χ4n) is 4.89. The molecule has 0 aliphatic carbocycles. The molecule has 74 heavy (non-hydrogen) atoms. The third kappa shape index (κ3) is 15.7. The van der Waals surface area contributed by atoms with Crippen LogP contribution in [0.1, 0.15) is 62.1 Å². The average molecular weight is 1250 g/mol. The maximum Gasteiger partial charge on any atom is 0 e. The second-order valence-corrected chi connectivity index (χ2v) is 16.3. The molecule has 6 aromatic rings. The standard InChI is InChI=1S/6C7H6O5.Er.Ga/c6*8-4-1-3(7(11)12)2-5(9)6(4)10;;/h6*1-2,8-10H,(H,11,12);;/q;;;;;;;+3/p-3. The number of aromatic hydroxyl groups is 18. The summed E-state index contributed by atoms with van der Waals surface area (Å²) in [5.74, 6) is -22.6. The van der Waals surface area contributed by atoms with Gasteiger partial charge in [0.1, 0.15) is 0 Å². The maximum atomic E-state index is 12.5. The van der Waals surface area contributed by atoms with Gasteiger partial charge in [-0.3, -0.25) is 0 Å². The summed E-state index contributed by atoms with van der Waals surface area (Å²) in [5.41, 5.74) is -2.59. The molecule has 0 aromatic heterocycles. The Balaban J connectivity index is 0.000000409. The molecule has 0 atom stereocenters. The van der Waals surface area contributed by atoms with Gasteiger partial charge in [0.15, 0.2) is 51.7 Å². The van der Waals surface area contributed by atoms with Crippen LogP contribution in [-0.4, -0.2) is 160 Å². The summed E-state index contributed by atoms with van der Waals surface area (Å²) in [6.45, 7) is 0. The normalized spacial score (nSPS) is 9.89. The van der Waals surface area contributed by atoms with Crippen LogP contribution in [0.5, 0.6) is 103 Å². The first-order valence-corrected chi connectivity index (χ1v) is 21.6. The van der Waals surface area contributed by atoms with Gasteiger partial charge in [-0.2, -0.15) is 0 Å². The smallest absolute Gasteiger partial charge is 0 e. The van der Waals surface area contributed by atoms with Crippen molar-refractivity contribution in [2.24, 2.45) is 0 Å². The third-order valence-corrected chi connectivity index (χ3v) is 11.0. The summed E-state index contributed by atoms with van der Waals surface area (Å²) in [5, 5.41) is 191. The Kier molecular flexibility index (Phi) is 20.9. The molecule has 0 unspecified atom stereocenters. The van der Waals surface area contributed by atoms with Gasteiger partial charge in [-0.05, 0) is 36.4 Å². The first-order chi connectivity index (χ1) is 33.8. The van der Waals surface area contributed by atoms with Crippen molar-refractivity contribution in [3.63, 3.8) is 0 Å². The van der Waals surface area contributed by atoms with Crippen LogP contribution in [0.3, 0.4) is 0 Å². The van der Waals surface area contributed by atoms with E-state index in [2.05, 4.69) is 0 Å². The Hall–Kier alpha value is -9.58. The topological polar surface area (TPSA) is 555 Å². The molecular formula is C42H33ErGaO30. The molecule has 0 radical (unpaired) electrons. The monoisotopic (exact) mass is 1250 g/mol. The van der Waals surface area contributed by atoms with Gasteiger partial charge in [-0.15, -0.1) is 0 Å². The van der Waals surface area contributed by atoms with Gasteiger partial charge in [-0.25, -0.2) is 14.4 Å². The molecule has 32 heteroatoms. The van der Waals surface area contributed by atoms with Crippen LogP contribution < -0.4 is 0 Å². The van der Waals surface area contributed by atoms with Crippen molar-refractivity contribution in [3.8, 4) is 103 Å². The van der Waals surface area contributed by atoms with E-state index in [0.29, 0.717) is 36.4 Å². The number of benzene rings is 6. The summed E-state index contributed by atoms with van der Waals surface area (Å²) >= 11 is -4.88. The predicted octanol–water partition coefficient (Wildman–Crippen LogP) is 2.40. The molecule has 30 nitrogen and oxygen atoms in total. The van der Waals surface area contributed by atoms with Crippen molar-refractivity contribution in [1.29, 1.82) is 0 Å². The van der Waals surface area contributed by atoms with Crippen LogP contribution in [0.25, 0.3) is 0 Å². The van der Waals surface area contributed by atoms with E-state index in [-0.39, 0.29) is 54.0 Å². The van der Waals surface area contributed by atoms with Crippen molar-refractivity contribution in [2.75, 3.05) is 0 Å². The molecule has 0 bridgehead atoms. The number of phenols is 18. The number of rotatable bonds is 9. The Morgan fingerprint density at radius 1 is 0.257 bits per heavy atom. The van der Waals surface area contributed by atoms with Gasteiger partial charge >= 0.3 is 229 Å². The van der Waals surface area contributed by atoms with E-state index in [9.17, 15) is 74.7 Å². The van der Waals surface area contributed by atoms with Crippen molar-refractivity contribution < 1.29 is 184 Å². The number of carbonyl (C=O) groups is 6. The zero-order chi connectivity index (χ0) is 55.5. The average Bonchev–Trinajstić information content (AvgIpc) is 3.31. The Bertz CT molecular complexity index is 2690. The van der Waals surface area contributed by atoms with Gasteiger partial charge < -0.3 is 61.3 Å². The first kappa shape index (κ1) is 60.5. The summed E-state index contributed by atoms with van der Waals surface area (Å²) in [6, 6.07) is 9.11. The third-order valence-electron chi connectivity index (χ3n) is 8.48.